The molecule has 6 heteroatoms. The SMILES string of the molecule is CCCCCCCCCCCCCCCCCCCCCCCCC(=O)OCC(COC(=O)CCCCCCCCCCCCCCCCC)OC(=O)CCCCCCCCCCCCCCCCCCCCC. The minimum atomic E-state index is -0.763. The molecule has 0 aromatic heterocycles. The second kappa shape index (κ2) is 63.9. The van der Waals surface area contributed by atoms with Crippen LogP contribution in [-0.4, -0.2) is 37.2 Å². The zero-order valence-corrected chi connectivity index (χ0v) is 50.7. The number of hydrogen-bond donors (Lipinski definition) is 0. The van der Waals surface area contributed by atoms with Crippen LogP contribution in [0.1, 0.15) is 400 Å². The lowest BCUT2D eigenvalue weighted by Gasteiger charge is -2.18. The molecule has 0 aliphatic rings. The van der Waals surface area contributed by atoms with Crippen LogP contribution in [-0.2, 0) is 28.6 Å². The van der Waals surface area contributed by atoms with Crippen molar-refractivity contribution < 1.29 is 28.6 Å². The van der Waals surface area contributed by atoms with Crippen LogP contribution in [0.5, 0.6) is 0 Å². The fourth-order valence-corrected chi connectivity index (χ4v) is 10.7. The Kier molecular flexibility index (Phi) is 62.6. The zero-order valence-electron chi connectivity index (χ0n) is 50.7. The lowest BCUT2D eigenvalue weighted by molar-refractivity contribution is -0.167. The van der Waals surface area contributed by atoms with Gasteiger partial charge in [0, 0.05) is 19.3 Å². The number of hydrogen-bond acceptors (Lipinski definition) is 6. The van der Waals surface area contributed by atoms with Gasteiger partial charge in [0.25, 0.3) is 0 Å². The smallest absolute Gasteiger partial charge is 0.306 e. The van der Waals surface area contributed by atoms with E-state index in [1.54, 1.807) is 0 Å². The molecule has 0 fully saturated rings. The van der Waals surface area contributed by atoms with E-state index in [0.717, 1.165) is 57.8 Å². The van der Waals surface area contributed by atoms with Crippen molar-refractivity contribution in [2.24, 2.45) is 0 Å². The van der Waals surface area contributed by atoms with Gasteiger partial charge < -0.3 is 14.2 Å². The largest absolute Gasteiger partial charge is 0.462 e. The molecule has 0 saturated heterocycles. The van der Waals surface area contributed by atoms with Gasteiger partial charge in [-0.2, -0.15) is 0 Å². The summed E-state index contributed by atoms with van der Waals surface area (Å²) in [5.74, 6) is -0.820. The predicted octanol–water partition coefficient (Wildman–Crippen LogP) is 23.1. The third-order valence-electron chi connectivity index (χ3n) is 15.9. The molecule has 0 heterocycles. The number of esters is 3. The highest BCUT2D eigenvalue weighted by atomic mass is 16.6. The van der Waals surface area contributed by atoms with Crippen LogP contribution in [0, 0.1) is 0 Å². The molecule has 6 nitrogen and oxygen atoms in total. The number of unbranched alkanes of at least 4 members (excludes halogenated alkanes) is 53. The maximum absolute atomic E-state index is 12.9. The van der Waals surface area contributed by atoms with E-state index >= 15 is 0 Å². The quantitative estimate of drug-likeness (QED) is 0.0343. The fraction of sp³-hybridized carbons (Fsp3) is 0.956. The van der Waals surface area contributed by atoms with Gasteiger partial charge in [-0.15, -0.1) is 0 Å². The first-order chi connectivity index (χ1) is 36.5. The van der Waals surface area contributed by atoms with E-state index in [9.17, 15) is 14.4 Å². The Hall–Kier alpha value is -1.59. The van der Waals surface area contributed by atoms with E-state index in [1.807, 2.05) is 0 Å². The van der Waals surface area contributed by atoms with Gasteiger partial charge in [-0.05, 0) is 19.3 Å². The molecule has 0 rings (SSSR count). The normalized spacial score (nSPS) is 11.9. The van der Waals surface area contributed by atoms with Crippen molar-refractivity contribution in [2.75, 3.05) is 13.2 Å². The summed E-state index contributed by atoms with van der Waals surface area (Å²) in [7, 11) is 0. The molecule has 0 aromatic rings. The first-order valence-electron chi connectivity index (χ1n) is 34.0. The van der Waals surface area contributed by atoms with Crippen molar-refractivity contribution >= 4 is 17.9 Å². The molecule has 0 amide bonds. The third-order valence-corrected chi connectivity index (χ3v) is 15.9. The van der Waals surface area contributed by atoms with Gasteiger partial charge in [0.1, 0.15) is 13.2 Å². The van der Waals surface area contributed by atoms with Gasteiger partial charge in [-0.25, -0.2) is 0 Å². The Labute approximate surface area is 463 Å². The Balaban J connectivity index is 4.24. The molecular weight excluding hydrogens is 913 g/mol. The first kappa shape index (κ1) is 72.4. The van der Waals surface area contributed by atoms with Crippen LogP contribution in [0.3, 0.4) is 0 Å². The Morgan fingerprint density at radius 3 is 0.541 bits per heavy atom. The summed E-state index contributed by atoms with van der Waals surface area (Å²) in [6.45, 7) is 6.74. The molecule has 0 aromatic carbocycles. The number of carbonyl (C=O) groups excluding carboxylic acids is 3. The van der Waals surface area contributed by atoms with E-state index in [1.165, 1.54) is 302 Å². The fourth-order valence-electron chi connectivity index (χ4n) is 10.7. The molecule has 1 unspecified atom stereocenters. The van der Waals surface area contributed by atoms with E-state index in [-0.39, 0.29) is 31.1 Å². The maximum Gasteiger partial charge on any atom is 0.306 e. The van der Waals surface area contributed by atoms with Crippen molar-refractivity contribution in [2.45, 2.75) is 406 Å². The highest BCUT2D eigenvalue weighted by Crippen LogP contribution is 2.19. The van der Waals surface area contributed by atoms with Crippen molar-refractivity contribution in [1.82, 2.24) is 0 Å². The molecule has 440 valence electrons. The molecule has 0 aliphatic carbocycles. The summed E-state index contributed by atoms with van der Waals surface area (Å²) < 4.78 is 17.0. The highest BCUT2D eigenvalue weighted by molar-refractivity contribution is 5.71. The zero-order chi connectivity index (χ0) is 53.6. The molecular formula is C68H132O6. The van der Waals surface area contributed by atoms with Crippen LogP contribution in [0.25, 0.3) is 0 Å². The number of ether oxygens (including phenoxy) is 3. The second-order valence-electron chi connectivity index (χ2n) is 23.5. The maximum atomic E-state index is 12.9. The van der Waals surface area contributed by atoms with Crippen molar-refractivity contribution in [3.8, 4) is 0 Å². The monoisotopic (exact) mass is 1050 g/mol. The summed E-state index contributed by atoms with van der Waals surface area (Å²) in [5.41, 5.74) is 0. The third kappa shape index (κ3) is 61.3. The average molecular weight is 1050 g/mol. The summed E-state index contributed by atoms with van der Waals surface area (Å²) in [6, 6.07) is 0. The second-order valence-corrected chi connectivity index (χ2v) is 23.5. The van der Waals surface area contributed by atoms with Crippen LogP contribution >= 0.6 is 0 Å². The van der Waals surface area contributed by atoms with Crippen molar-refractivity contribution in [3.63, 3.8) is 0 Å². The summed E-state index contributed by atoms with van der Waals surface area (Å²) in [6.07, 6.45) is 74.0. The molecule has 0 aliphatic heterocycles. The van der Waals surface area contributed by atoms with Crippen molar-refractivity contribution in [1.29, 1.82) is 0 Å². The summed E-state index contributed by atoms with van der Waals surface area (Å²) >= 11 is 0. The Morgan fingerprint density at radius 2 is 0.365 bits per heavy atom. The van der Waals surface area contributed by atoms with Gasteiger partial charge in [-0.1, -0.05) is 361 Å². The van der Waals surface area contributed by atoms with Gasteiger partial charge >= 0.3 is 17.9 Å². The van der Waals surface area contributed by atoms with Crippen LogP contribution in [0.4, 0.5) is 0 Å². The van der Waals surface area contributed by atoms with Crippen molar-refractivity contribution in [3.05, 3.63) is 0 Å². The Bertz CT molecular complexity index is 1110. The number of carbonyl (C=O) groups is 3. The van der Waals surface area contributed by atoms with Gasteiger partial charge in [0.15, 0.2) is 6.10 Å². The van der Waals surface area contributed by atoms with Gasteiger partial charge in [0.2, 0.25) is 0 Å². The average Bonchev–Trinajstić information content (AvgIpc) is 3.40. The van der Waals surface area contributed by atoms with E-state index in [2.05, 4.69) is 20.8 Å². The molecule has 0 N–H and O–H groups in total. The molecule has 0 spiro atoms. The highest BCUT2D eigenvalue weighted by Gasteiger charge is 2.19. The van der Waals surface area contributed by atoms with Gasteiger partial charge in [-0.3, -0.25) is 14.4 Å². The minimum absolute atomic E-state index is 0.0602. The van der Waals surface area contributed by atoms with E-state index in [4.69, 9.17) is 14.2 Å². The molecule has 0 radical (unpaired) electrons. The van der Waals surface area contributed by atoms with Crippen LogP contribution in [0.15, 0.2) is 0 Å². The standard InChI is InChI=1S/C68H132O6/c1-4-7-10-13-16-19-22-25-28-30-32-33-34-36-37-40-43-46-49-52-55-58-61-67(70)73-64-65(63-72-66(69)60-57-54-51-48-45-42-39-27-24-21-18-15-12-9-6-3)74-68(71)62-59-56-53-50-47-44-41-38-35-31-29-26-23-20-17-14-11-8-5-2/h65H,4-64H2,1-3H3. The topological polar surface area (TPSA) is 78.9 Å². The molecule has 0 bridgehead atoms. The molecule has 1 atom stereocenters. The Morgan fingerprint density at radius 1 is 0.216 bits per heavy atom. The molecule has 0 saturated carbocycles. The summed E-state index contributed by atoms with van der Waals surface area (Å²) in [5, 5.41) is 0. The van der Waals surface area contributed by atoms with E-state index in [0.29, 0.717) is 19.3 Å². The number of rotatable bonds is 64. The van der Waals surface area contributed by atoms with Gasteiger partial charge in [0.05, 0.1) is 0 Å². The lowest BCUT2D eigenvalue weighted by atomic mass is 10.0. The first-order valence-corrected chi connectivity index (χ1v) is 34.0. The van der Waals surface area contributed by atoms with Crippen LogP contribution < -0.4 is 0 Å². The lowest BCUT2D eigenvalue weighted by Crippen LogP contribution is -2.30. The minimum Gasteiger partial charge on any atom is -0.462 e. The molecule has 74 heavy (non-hydrogen) atoms. The van der Waals surface area contributed by atoms with E-state index < -0.39 is 6.10 Å². The van der Waals surface area contributed by atoms with Crippen LogP contribution in [0.2, 0.25) is 0 Å². The predicted molar refractivity (Wildman–Crippen MR) is 321 cm³/mol. The summed E-state index contributed by atoms with van der Waals surface area (Å²) in [4.78, 5) is 38.4.